The minimum atomic E-state index is -3.36. The van der Waals surface area contributed by atoms with Crippen molar-refractivity contribution < 1.29 is 8.42 Å². The highest BCUT2D eigenvalue weighted by atomic mass is 127. The standard InChI is InChI=1S/C18H27N5O2S.HI/c1-19-18(23(3)15-17-10-7-12-22(17)2)20-11-13-26(24,25)21-14-16-8-5-4-6-9-16;/h4-10,12,21H,11,13-15H2,1-3H3,(H,19,20);1H. The summed E-state index contributed by atoms with van der Waals surface area (Å²) in [4.78, 5) is 6.18. The van der Waals surface area contributed by atoms with Gasteiger partial charge in [0.15, 0.2) is 5.96 Å². The highest BCUT2D eigenvalue weighted by Gasteiger charge is 2.12. The zero-order valence-electron chi connectivity index (χ0n) is 15.9. The number of aliphatic imine (C=N–C) groups is 1. The van der Waals surface area contributed by atoms with Gasteiger partial charge in [-0.15, -0.1) is 24.0 Å². The average molecular weight is 505 g/mol. The normalized spacial score (nSPS) is 11.7. The molecule has 0 aliphatic rings. The first-order valence-electron chi connectivity index (χ1n) is 8.44. The quantitative estimate of drug-likeness (QED) is 0.326. The lowest BCUT2D eigenvalue weighted by atomic mass is 10.2. The molecule has 0 bridgehead atoms. The number of nitrogens with one attached hydrogen (secondary N) is 2. The van der Waals surface area contributed by atoms with Crippen LogP contribution in [0.25, 0.3) is 0 Å². The van der Waals surface area contributed by atoms with Crippen molar-refractivity contribution in [1.29, 1.82) is 0 Å². The molecule has 1 aromatic carbocycles. The third-order valence-corrected chi connectivity index (χ3v) is 5.34. The minimum absolute atomic E-state index is 0. The maximum Gasteiger partial charge on any atom is 0.213 e. The van der Waals surface area contributed by atoms with Gasteiger partial charge < -0.3 is 14.8 Å². The number of aromatic nitrogens is 1. The summed E-state index contributed by atoms with van der Waals surface area (Å²) in [7, 11) is 2.24. The summed E-state index contributed by atoms with van der Waals surface area (Å²) in [5, 5.41) is 3.10. The monoisotopic (exact) mass is 505 g/mol. The predicted octanol–water partition coefficient (Wildman–Crippen LogP) is 1.77. The van der Waals surface area contributed by atoms with Gasteiger partial charge in [0.25, 0.3) is 0 Å². The Hall–Kier alpha value is -1.59. The van der Waals surface area contributed by atoms with Crippen LogP contribution in [-0.2, 0) is 30.2 Å². The van der Waals surface area contributed by atoms with E-state index in [9.17, 15) is 8.42 Å². The fourth-order valence-electron chi connectivity index (χ4n) is 2.52. The number of guanidine groups is 1. The molecule has 0 spiro atoms. The van der Waals surface area contributed by atoms with E-state index in [0.717, 1.165) is 11.3 Å². The third-order valence-electron chi connectivity index (χ3n) is 4.02. The van der Waals surface area contributed by atoms with Gasteiger partial charge in [-0.3, -0.25) is 4.99 Å². The van der Waals surface area contributed by atoms with E-state index >= 15 is 0 Å². The molecule has 0 radical (unpaired) electrons. The van der Waals surface area contributed by atoms with Gasteiger partial charge in [-0.05, 0) is 17.7 Å². The molecule has 2 aromatic rings. The van der Waals surface area contributed by atoms with Gasteiger partial charge in [-0.1, -0.05) is 30.3 Å². The zero-order chi connectivity index (χ0) is 19.0. The summed E-state index contributed by atoms with van der Waals surface area (Å²) in [5.74, 6) is 0.640. The number of halogens is 1. The summed E-state index contributed by atoms with van der Waals surface area (Å²) in [5.41, 5.74) is 2.08. The molecule has 0 atom stereocenters. The second kappa shape index (κ2) is 11.3. The molecule has 0 saturated carbocycles. The lowest BCUT2D eigenvalue weighted by Crippen LogP contribution is -2.42. The van der Waals surface area contributed by atoms with Crippen molar-refractivity contribution in [3.8, 4) is 0 Å². The van der Waals surface area contributed by atoms with E-state index in [1.807, 2.05) is 72.2 Å². The number of hydrogen-bond acceptors (Lipinski definition) is 3. The van der Waals surface area contributed by atoms with E-state index in [-0.39, 0.29) is 36.3 Å². The largest absolute Gasteiger partial charge is 0.355 e. The van der Waals surface area contributed by atoms with Crippen molar-refractivity contribution >= 4 is 40.0 Å². The van der Waals surface area contributed by atoms with Crippen LogP contribution in [0.1, 0.15) is 11.3 Å². The van der Waals surface area contributed by atoms with E-state index in [4.69, 9.17) is 0 Å². The highest BCUT2D eigenvalue weighted by Crippen LogP contribution is 2.03. The lowest BCUT2D eigenvalue weighted by Gasteiger charge is -2.22. The Morgan fingerprint density at radius 2 is 1.89 bits per heavy atom. The van der Waals surface area contributed by atoms with Gasteiger partial charge >= 0.3 is 0 Å². The first kappa shape index (κ1) is 23.4. The first-order chi connectivity index (χ1) is 12.4. The molecule has 1 heterocycles. The summed E-state index contributed by atoms with van der Waals surface area (Å²) in [6, 6.07) is 13.5. The van der Waals surface area contributed by atoms with Gasteiger partial charge in [0.2, 0.25) is 10.0 Å². The molecular formula is C18H28IN5O2S. The average Bonchev–Trinajstić information content (AvgIpc) is 3.02. The molecule has 0 saturated heterocycles. The van der Waals surface area contributed by atoms with Crippen LogP contribution in [-0.4, -0.2) is 50.2 Å². The van der Waals surface area contributed by atoms with Crippen LogP contribution in [0.15, 0.2) is 53.7 Å². The Kier molecular flexibility index (Phi) is 9.81. The zero-order valence-corrected chi connectivity index (χ0v) is 19.1. The van der Waals surface area contributed by atoms with Crippen molar-refractivity contribution in [1.82, 2.24) is 19.5 Å². The highest BCUT2D eigenvalue weighted by molar-refractivity contribution is 14.0. The Bertz CT molecular complexity index is 821. The lowest BCUT2D eigenvalue weighted by molar-refractivity contribution is 0.463. The van der Waals surface area contributed by atoms with Crippen LogP contribution >= 0.6 is 24.0 Å². The van der Waals surface area contributed by atoms with Crippen molar-refractivity contribution in [2.24, 2.45) is 12.0 Å². The van der Waals surface area contributed by atoms with Crippen LogP contribution in [0.5, 0.6) is 0 Å². The molecule has 2 N–H and O–H groups in total. The first-order valence-corrected chi connectivity index (χ1v) is 10.1. The minimum Gasteiger partial charge on any atom is -0.355 e. The number of aryl methyl sites for hydroxylation is 1. The van der Waals surface area contributed by atoms with Crippen LogP contribution in [0.2, 0.25) is 0 Å². The second-order valence-electron chi connectivity index (χ2n) is 6.07. The van der Waals surface area contributed by atoms with E-state index in [1.54, 1.807) is 7.05 Å². The molecule has 0 aliphatic carbocycles. The number of hydrogen-bond donors (Lipinski definition) is 2. The van der Waals surface area contributed by atoms with Crippen molar-refractivity contribution in [3.05, 3.63) is 59.9 Å². The van der Waals surface area contributed by atoms with Crippen LogP contribution < -0.4 is 10.0 Å². The predicted molar refractivity (Wildman–Crippen MR) is 121 cm³/mol. The fourth-order valence-corrected chi connectivity index (χ4v) is 3.42. The molecule has 0 fully saturated rings. The molecule has 150 valence electrons. The molecule has 7 nitrogen and oxygen atoms in total. The fraction of sp³-hybridized carbons (Fsp3) is 0.389. The Balaban J connectivity index is 0.00000364. The molecular weight excluding hydrogens is 477 g/mol. The summed E-state index contributed by atoms with van der Waals surface area (Å²) in [6.45, 7) is 1.27. The summed E-state index contributed by atoms with van der Waals surface area (Å²) >= 11 is 0. The topological polar surface area (TPSA) is 78.7 Å². The van der Waals surface area contributed by atoms with Crippen LogP contribution in [0.3, 0.4) is 0 Å². The van der Waals surface area contributed by atoms with E-state index in [0.29, 0.717) is 19.0 Å². The van der Waals surface area contributed by atoms with E-state index in [2.05, 4.69) is 15.0 Å². The van der Waals surface area contributed by atoms with Gasteiger partial charge in [-0.2, -0.15) is 0 Å². The smallest absolute Gasteiger partial charge is 0.213 e. The molecule has 2 rings (SSSR count). The summed E-state index contributed by atoms with van der Waals surface area (Å²) in [6.07, 6.45) is 1.99. The Morgan fingerprint density at radius 3 is 2.48 bits per heavy atom. The van der Waals surface area contributed by atoms with Gasteiger partial charge in [-0.25, -0.2) is 13.1 Å². The molecule has 0 amide bonds. The third kappa shape index (κ3) is 7.89. The molecule has 0 unspecified atom stereocenters. The Morgan fingerprint density at radius 1 is 1.19 bits per heavy atom. The van der Waals surface area contributed by atoms with Gasteiger partial charge in [0.1, 0.15) is 0 Å². The molecule has 0 aliphatic heterocycles. The van der Waals surface area contributed by atoms with Crippen molar-refractivity contribution in [2.45, 2.75) is 13.1 Å². The van der Waals surface area contributed by atoms with Crippen molar-refractivity contribution in [2.75, 3.05) is 26.4 Å². The van der Waals surface area contributed by atoms with Gasteiger partial charge in [0.05, 0.1) is 12.3 Å². The van der Waals surface area contributed by atoms with E-state index in [1.165, 1.54) is 0 Å². The maximum absolute atomic E-state index is 12.1. The SMILES string of the molecule is CN=C(NCCS(=O)(=O)NCc1ccccc1)N(C)Cc1cccn1C.I. The molecule has 9 heteroatoms. The maximum atomic E-state index is 12.1. The van der Waals surface area contributed by atoms with Crippen LogP contribution in [0, 0.1) is 0 Å². The second-order valence-corrected chi connectivity index (χ2v) is 7.99. The van der Waals surface area contributed by atoms with Crippen LogP contribution in [0.4, 0.5) is 0 Å². The van der Waals surface area contributed by atoms with Gasteiger partial charge in [0, 0.05) is 46.1 Å². The number of nitrogens with zero attached hydrogens (tertiary/aromatic N) is 3. The molecule has 27 heavy (non-hydrogen) atoms. The number of benzene rings is 1. The number of sulfonamides is 1. The Labute approximate surface area is 178 Å². The molecule has 1 aromatic heterocycles. The van der Waals surface area contributed by atoms with Crippen molar-refractivity contribution in [3.63, 3.8) is 0 Å². The summed E-state index contributed by atoms with van der Waals surface area (Å²) < 4.78 is 28.9. The number of rotatable bonds is 8. The van der Waals surface area contributed by atoms with E-state index < -0.39 is 10.0 Å².